The van der Waals surface area contributed by atoms with E-state index in [1.807, 2.05) is 0 Å². The van der Waals surface area contributed by atoms with Crippen LogP contribution in [0.15, 0.2) is 36.9 Å². The summed E-state index contributed by atoms with van der Waals surface area (Å²) in [5.74, 6) is -1.69. The summed E-state index contributed by atoms with van der Waals surface area (Å²) in [6.45, 7) is 1.46. The highest BCUT2D eigenvalue weighted by molar-refractivity contribution is 5.89. The van der Waals surface area contributed by atoms with Crippen LogP contribution in [-0.2, 0) is 6.18 Å². The van der Waals surface area contributed by atoms with Crippen LogP contribution in [0, 0.1) is 11.6 Å². The van der Waals surface area contributed by atoms with Gasteiger partial charge in [0.05, 0.1) is 29.5 Å². The topological polar surface area (TPSA) is 50.7 Å². The average Bonchev–Trinajstić information content (AvgIpc) is 2.53. The van der Waals surface area contributed by atoms with Crippen molar-refractivity contribution in [2.24, 2.45) is 0 Å². The maximum absolute atomic E-state index is 13.8. The molecule has 0 aliphatic carbocycles. The lowest BCUT2D eigenvalue weighted by Gasteiger charge is -2.17. The number of hydrogen-bond acceptors (Lipinski definition) is 4. The van der Waals surface area contributed by atoms with E-state index in [1.165, 1.54) is 13.0 Å². The lowest BCUT2D eigenvalue weighted by Crippen LogP contribution is -2.13. The summed E-state index contributed by atoms with van der Waals surface area (Å²) in [5, 5.41) is 2.83. The first kappa shape index (κ1) is 17.0. The minimum atomic E-state index is -4.53. The molecule has 0 fully saturated rings. The second kappa shape index (κ2) is 6.23. The molecule has 0 aliphatic heterocycles. The quantitative estimate of drug-likeness (QED) is 0.704. The molecular formula is C16H11F5N4. The third-order valence-corrected chi connectivity index (χ3v) is 3.64. The van der Waals surface area contributed by atoms with E-state index in [0.717, 1.165) is 30.9 Å². The smallest absolute Gasteiger partial charge is 0.363 e. The largest absolute Gasteiger partial charge is 0.416 e. The summed E-state index contributed by atoms with van der Waals surface area (Å²) in [6.07, 6.45) is -1.66. The Kier molecular flexibility index (Phi) is 4.23. The van der Waals surface area contributed by atoms with Crippen LogP contribution >= 0.6 is 0 Å². The van der Waals surface area contributed by atoms with E-state index in [4.69, 9.17) is 0 Å². The molecule has 0 bridgehead atoms. The van der Waals surface area contributed by atoms with Crippen LogP contribution in [0.5, 0.6) is 0 Å². The minimum absolute atomic E-state index is 0.0409. The van der Waals surface area contributed by atoms with Crippen molar-refractivity contribution in [3.05, 3.63) is 59.7 Å². The third-order valence-electron chi connectivity index (χ3n) is 3.64. The monoisotopic (exact) mass is 354 g/mol. The zero-order chi connectivity index (χ0) is 18.2. The van der Waals surface area contributed by atoms with E-state index in [2.05, 4.69) is 20.3 Å². The minimum Gasteiger partial charge on any atom is -0.363 e. The molecule has 1 atom stereocenters. The fraction of sp³-hybridized carbons (Fsp3) is 0.188. The molecule has 2 aromatic heterocycles. The highest BCUT2D eigenvalue weighted by Gasteiger charge is 2.31. The molecule has 0 saturated heterocycles. The van der Waals surface area contributed by atoms with Gasteiger partial charge in [-0.05, 0) is 25.1 Å². The molecule has 2 heterocycles. The number of rotatable bonds is 3. The number of nitrogens with one attached hydrogen (secondary N) is 1. The number of hydrogen-bond donors (Lipinski definition) is 1. The maximum atomic E-state index is 13.8. The van der Waals surface area contributed by atoms with Crippen molar-refractivity contribution in [1.82, 2.24) is 15.0 Å². The van der Waals surface area contributed by atoms with Gasteiger partial charge in [-0.2, -0.15) is 13.2 Å². The van der Waals surface area contributed by atoms with Crippen molar-refractivity contribution in [3.63, 3.8) is 0 Å². The molecule has 1 unspecified atom stereocenters. The number of pyridine rings is 1. The Balaban J connectivity index is 2.04. The van der Waals surface area contributed by atoms with E-state index in [9.17, 15) is 22.0 Å². The normalized spacial score (nSPS) is 13.0. The first-order valence-corrected chi connectivity index (χ1v) is 7.15. The van der Waals surface area contributed by atoms with Crippen LogP contribution in [0.3, 0.4) is 0 Å². The van der Waals surface area contributed by atoms with Gasteiger partial charge in [-0.1, -0.05) is 0 Å². The Bertz CT molecular complexity index is 906. The van der Waals surface area contributed by atoms with Gasteiger partial charge in [0.15, 0.2) is 0 Å². The number of fused-ring (bicyclic) bond motifs is 1. The van der Waals surface area contributed by atoms with Gasteiger partial charge >= 0.3 is 6.18 Å². The second-order valence-electron chi connectivity index (χ2n) is 5.33. The average molecular weight is 354 g/mol. The molecule has 0 amide bonds. The molecule has 0 aliphatic rings. The summed E-state index contributed by atoms with van der Waals surface area (Å²) in [4.78, 5) is 11.2. The van der Waals surface area contributed by atoms with Crippen LogP contribution in [0.1, 0.15) is 24.1 Å². The van der Waals surface area contributed by atoms with Crippen molar-refractivity contribution in [3.8, 4) is 0 Å². The fourth-order valence-corrected chi connectivity index (χ4v) is 2.46. The molecule has 9 heteroatoms. The van der Waals surface area contributed by atoms with E-state index < -0.39 is 29.4 Å². The third kappa shape index (κ3) is 3.35. The highest BCUT2D eigenvalue weighted by Crippen LogP contribution is 2.33. The SMILES string of the molecule is CC(Nc1ncnc2ccc(C(F)(F)F)cc12)c1c(F)cncc1F. The van der Waals surface area contributed by atoms with Crippen LogP contribution in [0.4, 0.5) is 27.8 Å². The van der Waals surface area contributed by atoms with Crippen LogP contribution in [0.2, 0.25) is 0 Å². The number of halogens is 5. The molecule has 0 saturated carbocycles. The summed E-state index contributed by atoms with van der Waals surface area (Å²) < 4.78 is 66.4. The summed E-state index contributed by atoms with van der Waals surface area (Å²) in [6, 6.07) is 2.12. The van der Waals surface area contributed by atoms with E-state index in [-0.39, 0.29) is 22.3 Å². The zero-order valence-corrected chi connectivity index (χ0v) is 12.8. The lowest BCUT2D eigenvalue weighted by molar-refractivity contribution is -0.137. The lowest BCUT2D eigenvalue weighted by atomic mass is 10.1. The van der Waals surface area contributed by atoms with Gasteiger partial charge in [0.2, 0.25) is 0 Å². The van der Waals surface area contributed by atoms with E-state index in [0.29, 0.717) is 0 Å². The molecule has 3 rings (SSSR count). The number of benzene rings is 1. The predicted molar refractivity (Wildman–Crippen MR) is 80.7 cm³/mol. The molecule has 0 spiro atoms. The zero-order valence-electron chi connectivity index (χ0n) is 12.8. The standard InChI is InChI=1S/C16H11F5N4/c1-8(14-11(17)5-22-6-12(14)18)25-15-10-4-9(16(19,20)21)2-3-13(10)23-7-24-15/h2-8H,1H3,(H,23,24,25). The molecule has 1 aromatic carbocycles. The Hall–Kier alpha value is -2.84. The predicted octanol–water partition coefficient (Wildman–Crippen LogP) is 4.49. The summed E-state index contributed by atoms with van der Waals surface area (Å²) in [7, 11) is 0. The molecule has 4 nitrogen and oxygen atoms in total. The molecule has 25 heavy (non-hydrogen) atoms. The van der Waals surface area contributed by atoms with Gasteiger partial charge in [0.25, 0.3) is 0 Å². The molecule has 0 radical (unpaired) electrons. The number of anilines is 1. The van der Waals surface area contributed by atoms with Crippen LogP contribution < -0.4 is 5.32 Å². The van der Waals surface area contributed by atoms with Gasteiger partial charge in [-0.25, -0.2) is 18.7 Å². The Labute approximate surface area is 138 Å². The van der Waals surface area contributed by atoms with Crippen molar-refractivity contribution in [1.29, 1.82) is 0 Å². The summed E-state index contributed by atoms with van der Waals surface area (Å²) >= 11 is 0. The molecule has 1 N–H and O–H groups in total. The Morgan fingerprint density at radius 2 is 1.72 bits per heavy atom. The fourth-order valence-electron chi connectivity index (χ4n) is 2.46. The van der Waals surface area contributed by atoms with Gasteiger partial charge in [0.1, 0.15) is 23.8 Å². The molecular weight excluding hydrogens is 343 g/mol. The maximum Gasteiger partial charge on any atom is 0.416 e. The highest BCUT2D eigenvalue weighted by atomic mass is 19.4. The molecule has 3 aromatic rings. The Morgan fingerprint density at radius 3 is 2.36 bits per heavy atom. The number of alkyl halides is 3. The van der Waals surface area contributed by atoms with Crippen LogP contribution in [0.25, 0.3) is 10.9 Å². The van der Waals surface area contributed by atoms with Crippen molar-refractivity contribution in [2.75, 3.05) is 5.32 Å². The van der Waals surface area contributed by atoms with Crippen molar-refractivity contribution >= 4 is 16.7 Å². The van der Waals surface area contributed by atoms with Crippen molar-refractivity contribution < 1.29 is 22.0 Å². The second-order valence-corrected chi connectivity index (χ2v) is 5.33. The van der Waals surface area contributed by atoms with Gasteiger partial charge < -0.3 is 5.32 Å². The number of aromatic nitrogens is 3. The van der Waals surface area contributed by atoms with Gasteiger partial charge in [-0.15, -0.1) is 0 Å². The summed E-state index contributed by atoms with van der Waals surface area (Å²) in [5.41, 5.74) is -0.881. The number of nitrogens with zero attached hydrogens (tertiary/aromatic N) is 3. The van der Waals surface area contributed by atoms with Crippen molar-refractivity contribution in [2.45, 2.75) is 19.1 Å². The van der Waals surface area contributed by atoms with Gasteiger partial charge in [-0.3, -0.25) is 4.98 Å². The van der Waals surface area contributed by atoms with Gasteiger partial charge in [0, 0.05) is 10.9 Å². The van der Waals surface area contributed by atoms with Crippen LogP contribution in [-0.4, -0.2) is 15.0 Å². The molecule has 130 valence electrons. The first-order chi connectivity index (χ1) is 11.8. The van der Waals surface area contributed by atoms with E-state index >= 15 is 0 Å². The first-order valence-electron chi connectivity index (χ1n) is 7.15. The Morgan fingerprint density at radius 1 is 1.04 bits per heavy atom. The van der Waals surface area contributed by atoms with E-state index in [1.54, 1.807) is 0 Å².